The fraction of sp³-hybridized carbons (Fsp3) is 0.227. The third-order valence-electron chi connectivity index (χ3n) is 4.18. The number of benzene rings is 2. The molecular weight excluding hydrogens is 368 g/mol. The lowest BCUT2D eigenvalue weighted by Crippen LogP contribution is -2.26. The van der Waals surface area contributed by atoms with Crippen LogP contribution >= 0.6 is 0 Å². The molecule has 2 N–H and O–H groups in total. The Labute approximate surface area is 170 Å². The van der Waals surface area contributed by atoms with Crippen LogP contribution in [0.3, 0.4) is 0 Å². The van der Waals surface area contributed by atoms with Crippen LogP contribution in [0.2, 0.25) is 0 Å². The summed E-state index contributed by atoms with van der Waals surface area (Å²) in [6.45, 7) is 2.98. The van der Waals surface area contributed by atoms with E-state index >= 15 is 0 Å². The monoisotopic (exact) mass is 392 g/mol. The van der Waals surface area contributed by atoms with Gasteiger partial charge >= 0.3 is 0 Å². The second-order valence-corrected chi connectivity index (χ2v) is 6.20. The smallest absolute Gasteiger partial charge is 0.270 e. The number of anilines is 2. The molecule has 1 aromatic heterocycles. The first-order valence-electron chi connectivity index (χ1n) is 9.41. The van der Waals surface area contributed by atoms with Crippen LogP contribution in [-0.2, 0) is 6.42 Å². The van der Waals surface area contributed by atoms with E-state index < -0.39 is 0 Å². The topological polar surface area (TPSA) is 85.4 Å². The highest BCUT2D eigenvalue weighted by atomic mass is 16.5. The molecule has 150 valence electrons. The highest BCUT2D eigenvalue weighted by molar-refractivity contribution is 5.93. The molecule has 0 saturated heterocycles. The molecule has 3 aromatic rings. The summed E-state index contributed by atoms with van der Waals surface area (Å²) in [5.74, 6) is 1.78. The van der Waals surface area contributed by atoms with Crippen LogP contribution in [0.25, 0.3) is 0 Å². The summed E-state index contributed by atoms with van der Waals surface area (Å²) >= 11 is 0. The van der Waals surface area contributed by atoms with Gasteiger partial charge in [0.2, 0.25) is 0 Å². The van der Waals surface area contributed by atoms with Gasteiger partial charge in [0.25, 0.3) is 5.91 Å². The summed E-state index contributed by atoms with van der Waals surface area (Å²) in [7, 11) is 1.63. The number of carbonyl (C=O) groups excluding carboxylic acids is 1. The lowest BCUT2D eigenvalue weighted by atomic mass is 10.1. The van der Waals surface area contributed by atoms with Crippen molar-refractivity contribution >= 4 is 17.4 Å². The van der Waals surface area contributed by atoms with Gasteiger partial charge in [0.15, 0.2) is 0 Å². The van der Waals surface area contributed by atoms with E-state index in [-0.39, 0.29) is 5.91 Å². The Kier molecular flexibility index (Phi) is 7.00. The lowest BCUT2D eigenvalue weighted by molar-refractivity contribution is 0.0949. The van der Waals surface area contributed by atoms with E-state index in [1.165, 1.54) is 6.33 Å². The van der Waals surface area contributed by atoms with Gasteiger partial charge in [-0.3, -0.25) is 4.79 Å². The van der Waals surface area contributed by atoms with Crippen molar-refractivity contribution in [2.75, 3.05) is 25.6 Å². The van der Waals surface area contributed by atoms with Crippen molar-refractivity contribution < 1.29 is 14.3 Å². The molecule has 1 amide bonds. The molecule has 7 heteroatoms. The minimum atomic E-state index is -0.253. The number of rotatable bonds is 9. The number of ether oxygens (including phenoxy) is 2. The van der Waals surface area contributed by atoms with E-state index in [9.17, 15) is 4.79 Å². The minimum Gasteiger partial charge on any atom is -0.497 e. The van der Waals surface area contributed by atoms with Gasteiger partial charge in [-0.2, -0.15) is 0 Å². The highest BCUT2D eigenvalue weighted by Crippen LogP contribution is 2.26. The predicted octanol–water partition coefficient (Wildman–Crippen LogP) is 3.60. The van der Waals surface area contributed by atoms with Crippen molar-refractivity contribution in [3.05, 3.63) is 72.2 Å². The number of nitrogens with zero attached hydrogens (tertiary/aromatic N) is 2. The van der Waals surface area contributed by atoms with Gasteiger partial charge in [-0.1, -0.05) is 24.3 Å². The van der Waals surface area contributed by atoms with Crippen molar-refractivity contribution in [1.82, 2.24) is 15.3 Å². The van der Waals surface area contributed by atoms with Crippen LogP contribution in [0.5, 0.6) is 11.5 Å². The molecule has 0 radical (unpaired) electrons. The predicted molar refractivity (Wildman–Crippen MR) is 112 cm³/mol. The molecule has 0 unspecified atom stereocenters. The molecular formula is C22H24N4O3. The van der Waals surface area contributed by atoms with Gasteiger partial charge in [-0.05, 0) is 43.2 Å². The minimum absolute atomic E-state index is 0.253. The van der Waals surface area contributed by atoms with Gasteiger partial charge in [0.05, 0.1) is 19.4 Å². The van der Waals surface area contributed by atoms with Crippen LogP contribution in [0.15, 0.2) is 60.9 Å². The number of methoxy groups -OCH3 is 1. The standard InChI is InChI=1S/C22H24N4O3/c1-3-29-20-10-5-4-9-18(20)26-21-14-19(24-15-25-21)22(27)23-12-11-16-7-6-8-17(13-16)28-2/h4-10,13-15H,3,11-12H2,1-2H3,(H,23,27)(H,24,25,26). The highest BCUT2D eigenvalue weighted by Gasteiger charge is 2.10. The zero-order valence-corrected chi connectivity index (χ0v) is 16.5. The van der Waals surface area contributed by atoms with E-state index in [2.05, 4.69) is 20.6 Å². The van der Waals surface area contributed by atoms with E-state index in [0.29, 0.717) is 31.1 Å². The van der Waals surface area contributed by atoms with Crippen LogP contribution < -0.4 is 20.1 Å². The van der Waals surface area contributed by atoms with Crippen LogP contribution in [0.4, 0.5) is 11.5 Å². The molecule has 0 fully saturated rings. The molecule has 3 rings (SSSR count). The summed E-state index contributed by atoms with van der Waals surface area (Å²) in [5, 5.41) is 6.06. The van der Waals surface area contributed by atoms with Crippen LogP contribution in [0.1, 0.15) is 23.0 Å². The fourth-order valence-electron chi connectivity index (χ4n) is 2.78. The zero-order valence-electron chi connectivity index (χ0n) is 16.5. The molecule has 0 spiro atoms. The Morgan fingerprint density at radius 1 is 1.07 bits per heavy atom. The molecule has 0 atom stereocenters. The van der Waals surface area contributed by atoms with Crippen LogP contribution in [0, 0.1) is 0 Å². The van der Waals surface area contributed by atoms with Gasteiger partial charge in [-0.25, -0.2) is 9.97 Å². The number of hydrogen-bond donors (Lipinski definition) is 2. The molecule has 0 bridgehead atoms. The molecule has 0 aliphatic carbocycles. The summed E-state index contributed by atoms with van der Waals surface area (Å²) in [6.07, 6.45) is 2.06. The van der Waals surface area contributed by atoms with Gasteiger partial charge in [0, 0.05) is 12.6 Å². The quantitative estimate of drug-likeness (QED) is 0.579. The van der Waals surface area contributed by atoms with E-state index in [4.69, 9.17) is 9.47 Å². The van der Waals surface area contributed by atoms with Crippen LogP contribution in [-0.4, -0.2) is 36.1 Å². The molecule has 29 heavy (non-hydrogen) atoms. The van der Waals surface area contributed by atoms with Crippen molar-refractivity contribution in [3.8, 4) is 11.5 Å². The first kappa shape index (κ1) is 20.1. The second kappa shape index (κ2) is 10.1. The molecule has 0 saturated carbocycles. The zero-order chi connectivity index (χ0) is 20.5. The van der Waals surface area contributed by atoms with E-state index in [1.54, 1.807) is 13.2 Å². The number of amides is 1. The maximum atomic E-state index is 12.5. The Hall–Kier alpha value is -3.61. The number of carbonyl (C=O) groups is 1. The Morgan fingerprint density at radius 3 is 2.76 bits per heavy atom. The number of para-hydroxylation sites is 2. The van der Waals surface area contributed by atoms with E-state index in [0.717, 1.165) is 22.7 Å². The maximum absolute atomic E-state index is 12.5. The first-order chi connectivity index (χ1) is 14.2. The summed E-state index contributed by atoms with van der Waals surface area (Å²) in [5.41, 5.74) is 2.15. The normalized spacial score (nSPS) is 10.3. The number of aromatic nitrogens is 2. The molecule has 1 heterocycles. The molecule has 7 nitrogen and oxygen atoms in total. The largest absolute Gasteiger partial charge is 0.497 e. The molecule has 2 aromatic carbocycles. The Balaban J connectivity index is 1.60. The number of nitrogens with one attached hydrogen (secondary N) is 2. The van der Waals surface area contributed by atoms with Crippen molar-refractivity contribution in [2.24, 2.45) is 0 Å². The Morgan fingerprint density at radius 2 is 1.93 bits per heavy atom. The van der Waals surface area contributed by atoms with E-state index in [1.807, 2.05) is 55.5 Å². The second-order valence-electron chi connectivity index (χ2n) is 6.20. The average molecular weight is 392 g/mol. The maximum Gasteiger partial charge on any atom is 0.270 e. The lowest BCUT2D eigenvalue weighted by Gasteiger charge is -2.12. The van der Waals surface area contributed by atoms with Gasteiger partial charge in [0.1, 0.15) is 29.3 Å². The third-order valence-corrected chi connectivity index (χ3v) is 4.18. The first-order valence-corrected chi connectivity index (χ1v) is 9.41. The SMILES string of the molecule is CCOc1ccccc1Nc1cc(C(=O)NCCc2cccc(OC)c2)ncn1. The average Bonchev–Trinajstić information content (AvgIpc) is 2.75. The summed E-state index contributed by atoms with van der Waals surface area (Å²) < 4.78 is 10.8. The third kappa shape index (κ3) is 5.68. The van der Waals surface area contributed by atoms with Crippen molar-refractivity contribution in [1.29, 1.82) is 0 Å². The fourth-order valence-corrected chi connectivity index (χ4v) is 2.78. The number of hydrogen-bond acceptors (Lipinski definition) is 6. The van der Waals surface area contributed by atoms with Crippen molar-refractivity contribution in [3.63, 3.8) is 0 Å². The van der Waals surface area contributed by atoms with Gasteiger partial charge in [-0.15, -0.1) is 0 Å². The van der Waals surface area contributed by atoms with Crippen molar-refractivity contribution in [2.45, 2.75) is 13.3 Å². The summed E-state index contributed by atoms with van der Waals surface area (Å²) in [6, 6.07) is 16.9. The van der Waals surface area contributed by atoms with Gasteiger partial charge < -0.3 is 20.1 Å². The summed E-state index contributed by atoms with van der Waals surface area (Å²) in [4.78, 5) is 20.7. The molecule has 0 aliphatic heterocycles. The Bertz CT molecular complexity index is 962. The molecule has 0 aliphatic rings.